The van der Waals surface area contributed by atoms with Gasteiger partial charge in [-0.05, 0) is 56.2 Å². The van der Waals surface area contributed by atoms with Crippen LogP contribution in [0.1, 0.15) is 43.0 Å². The van der Waals surface area contributed by atoms with Crippen LogP contribution >= 0.6 is 23.1 Å². The van der Waals surface area contributed by atoms with E-state index in [0.717, 1.165) is 44.5 Å². The summed E-state index contributed by atoms with van der Waals surface area (Å²) >= 11 is 3.34. The summed E-state index contributed by atoms with van der Waals surface area (Å²) < 4.78 is 13.3. The lowest BCUT2D eigenvalue weighted by molar-refractivity contribution is 0.340. The monoisotopic (exact) mass is 438 g/mol. The van der Waals surface area contributed by atoms with E-state index in [1.165, 1.54) is 12.8 Å². The first-order valence-electron chi connectivity index (χ1n) is 10.1. The summed E-state index contributed by atoms with van der Waals surface area (Å²) in [5, 5.41) is 13.0. The van der Waals surface area contributed by atoms with Crippen molar-refractivity contribution in [3.8, 4) is 16.3 Å². The van der Waals surface area contributed by atoms with Crippen molar-refractivity contribution in [3.05, 3.63) is 65.3 Å². The van der Waals surface area contributed by atoms with Crippen LogP contribution in [0.4, 0.5) is 0 Å². The van der Waals surface area contributed by atoms with Crippen molar-refractivity contribution in [2.45, 2.75) is 43.1 Å². The second-order valence-corrected chi connectivity index (χ2v) is 8.97. The van der Waals surface area contributed by atoms with Crippen LogP contribution in [0.2, 0.25) is 0 Å². The molecule has 5 rings (SSSR count). The molecule has 1 saturated carbocycles. The molecule has 0 aliphatic heterocycles. The fourth-order valence-corrected chi connectivity index (χ4v) is 5.03. The highest BCUT2D eigenvalue weighted by Crippen LogP contribution is 2.40. The Hall–Kier alpha value is -2.58. The number of thiazole rings is 1. The minimum atomic E-state index is 0.535. The van der Waals surface area contributed by atoms with Crippen LogP contribution < -0.4 is 4.74 Å². The van der Waals surface area contributed by atoms with Gasteiger partial charge in [-0.2, -0.15) is 0 Å². The number of hydrogen-bond donors (Lipinski definition) is 0. The Balaban J connectivity index is 1.29. The zero-order valence-corrected chi connectivity index (χ0v) is 18.3. The molecule has 0 unspecified atom stereocenters. The lowest BCUT2D eigenvalue weighted by Gasteiger charge is -2.07. The van der Waals surface area contributed by atoms with Gasteiger partial charge in [0.25, 0.3) is 0 Å². The van der Waals surface area contributed by atoms with Crippen molar-refractivity contribution in [2.24, 2.45) is 0 Å². The summed E-state index contributed by atoms with van der Waals surface area (Å²) in [5.41, 5.74) is 2.16. The molecule has 6 nitrogen and oxygen atoms in total. The molecule has 0 bridgehead atoms. The second-order valence-electron chi connectivity index (χ2n) is 7.17. The van der Waals surface area contributed by atoms with Gasteiger partial charge in [0, 0.05) is 22.6 Å². The van der Waals surface area contributed by atoms with Gasteiger partial charge in [-0.15, -0.1) is 21.5 Å². The van der Waals surface area contributed by atoms with E-state index in [9.17, 15) is 0 Å². The van der Waals surface area contributed by atoms with Crippen molar-refractivity contribution >= 4 is 23.1 Å². The lowest BCUT2D eigenvalue weighted by Crippen LogP contribution is -2.05. The molecule has 8 heteroatoms. The number of benzene rings is 1. The number of aromatic nitrogens is 4. The highest BCUT2D eigenvalue weighted by atomic mass is 32.2. The largest absolute Gasteiger partial charge is 0.494 e. The number of nitrogens with zero attached hydrogens (tertiary/aromatic N) is 4. The number of ether oxygens (including phenoxy) is 1. The smallest absolute Gasteiger partial charge is 0.192 e. The molecular formula is C22H22N4O2S2. The Morgan fingerprint density at radius 1 is 1.20 bits per heavy atom. The summed E-state index contributed by atoms with van der Waals surface area (Å²) in [7, 11) is 0. The van der Waals surface area contributed by atoms with Crippen molar-refractivity contribution < 1.29 is 9.15 Å². The first kappa shape index (κ1) is 19.4. The Bertz CT molecular complexity index is 1100. The third-order valence-corrected chi connectivity index (χ3v) is 6.84. The average Bonchev–Trinajstić information content (AvgIpc) is 3.15. The van der Waals surface area contributed by atoms with E-state index in [0.29, 0.717) is 19.1 Å². The number of hydrogen-bond acceptors (Lipinski definition) is 7. The third-order valence-electron chi connectivity index (χ3n) is 4.90. The van der Waals surface area contributed by atoms with Crippen LogP contribution in [0.15, 0.2) is 57.6 Å². The van der Waals surface area contributed by atoms with Crippen LogP contribution in [0, 0.1) is 0 Å². The quantitative estimate of drug-likeness (QED) is 0.316. The first-order chi connectivity index (χ1) is 14.8. The molecule has 154 valence electrons. The van der Waals surface area contributed by atoms with Gasteiger partial charge < -0.3 is 9.15 Å². The molecule has 4 aromatic rings. The fraction of sp³-hybridized carbons (Fsp3) is 0.318. The third kappa shape index (κ3) is 4.29. The van der Waals surface area contributed by atoms with E-state index in [2.05, 4.69) is 32.3 Å². The zero-order chi connectivity index (χ0) is 20.3. The maximum atomic E-state index is 5.55. The van der Waals surface area contributed by atoms with Crippen LogP contribution in [0.5, 0.6) is 5.75 Å². The Morgan fingerprint density at radius 2 is 2.07 bits per heavy atom. The SMILES string of the molecule is CCOc1ccc(-c2nc(CSc3nnc(C4CC4)n3Cc3ccco3)cs2)cc1. The zero-order valence-electron chi connectivity index (χ0n) is 16.7. The van der Waals surface area contributed by atoms with Crippen molar-refractivity contribution in [1.29, 1.82) is 0 Å². The normalized spacial score (nSPS) is 13.6. The average molecular weight is 439 g/mol. The molecule has 0 N–H and O–H groups in total. The Morgan fingerprint density at radius 3 is 2.80 bits per heavy atom. The van der Waals surface area contributed by atoms with Crippen molar-refractivity contribution in [2.75, 3.05) is 6.61 Å². The molecule has 0 radical (unpaired) electrons. The topological polar surface area (TPSA) is 66.0 Å². The van der Waals surface area contributed by atoms with E-state index >= 15 is 0 Å². The number of furan rings is 1. The summed E-state index contributed by atoms with van der Waals surface area (Å²) in [4.78, 5) is 4.81. The summed E-state index contributed by atoms with van der Waals surface area (Å²) in [6, 6.07) is 12.0. The molecule has 3 aromatic heterocycles. The molecule has 0 saturated heterocycles. The van der Waals surface area contributed by atoms with Gasteiger partial charge >= 0.3 is 0 Å². The van der Waals surface area contributed by atoms with E-state index in [4.69, 9.17) is 14.1 Å². The number of thioether (sulfide) groups is 1. The molecule has 0 atom stereocenters. The van der Waals surface area contributed by atoms with Gasteiger partial charge in [-0.3, -0.25) is 4.57 Å². The van der Waals surface area contributed by atoms with Crippen LogP contribution in [0.25, 0.3) is 10.6 Å². The molecular weight excluding hydrogens is 416 g/mol. The van der Waals surface area contributed by atoms with Gasteiger partial charge in [-0.1, -0.05) is 11.8 Å². The van der Waals surface area contributed by atoms with Crippen LogP contribution in [0.3, 0.4) is 0 Å². The van der Waals surface area contributed by atoms with Gasteiger partial charge in [0.15, 0.2) is 5.16 Å². The van der Waals surface area contributed by atoms with Crippen LogP contribution in [-0.2, 0) is 12.3 Å². The van der Waals surface area contributed by atoms with Gasteiger partial charge in [-0.25, -0.2) is 4.98 Å². The molecule has 1 aliphatic carbocycles. The fourth-order valence-electron chi connectivity index (χ4n) is 3.26. The summed E-state index contributed by atoms with van der Waals surface area (Å²) in [6.45, 7) is 3.33. The lowest BCUT2D eigenvalue weighted by atomic mass is 10.2. The molecule has 1 aliphatic rings. The highest BCUT2D eigenvalue weighted by Gasteiger charge is 2.30. The molecule has 0 amide bonds. The second kappa shape index (κ2) is 8.65. The molecule has 30 heavy (non-hydrogen) atoms. The maximum absolute atomic E-state index is 5.55. The molecule has 1 fully saturated rings. The minimum Gasteiger partial charge on any atom is -0.494 e. The van der Waals surface area contributed by atoms with Gasteiger partial charge in [0.1, 0.15) is 22.3 Å². The van der Waals surface area contributed by atoms with E-state index in [1.54, 1.807) is 29.4 Å². The minimum absolute atomic E-state index is 0.535. The maximum Gasteiger partial charge on any atom is 0.192 e. The number of rotatable bonds is 9. The standard InChI is InChI=1S/C22H22N4O2S2/c1-2-27-18-9-7-16(8-10-18)21-23-17(13-29-21)14-30-22-25-24-20(15-5-6-15)26(22)12-19-4-3-11-28-19/h3-4,7-11,13,15H,2,5-6,12,14H2,1H3. The van der Waals surface area contributed by atoms with Gasteiger partial charge in [0.2, 0.25) is 0 Å². The van der Waals surface area contributed by atoms with E-state index in [1.807, 2.05) is 31.2 Å². The van der Waals surface area contributed by atoms with E-state index in [-0.39, 0.29) is 0 Å². The van der Waals surface area contributed by atoms with Crippen LogP contribution in [-0.4, -0.2) is 26.4 Å². The summed E-state index contributed by atoms with van der Waals surface area (Å²) in [6.07, 6.45) is 4.10. The molecule has 1 aromatic carbocycles. The highest BCUT2D eigenvalue weighted by molar-refractivity contribution is 7.98. The van der Waals surface area contributed by atoms with Gasteiger partial charge in [0.05, 0.1) is 25.1 Å². The molecule has 3 heterocycles. The first-order valence-corrected chi connectivity index (χ1v) is 11.9. The Labute approximate surface area is 183 Å². The van der Waals surface area contributed by atoms with Crippen molar-refractivity contribution in [3.63, 3.8) is 0 Å². The van der Waals surface area contributed by atoms with Crippen molar-refractivity contribution in [1.82, 2.24) is 19.7 Å². The Kier molecular flexibility index (Phi) is 5.59. The predicted molar refractivity (Wildman–Crippen MR) is 118 cm³/mol. The predicted octanol–water partition coefficient (Wildman–Crippen LogP) is 5.61. The molecule has 0 spiro atoms. The van der Waals surface area contributed by atoms with E-state index < -0.39 is 0 Å². The summed E-state index contributed by atoms with van der Waals surface area (Å²) in [5.74, 6) is 4.17.